The molecular formula is C13H25N3. The highest BCUT2D eigenvalue weighted by molar-refractivity contribution is 5.93. The van der Waals surface area contributed by atoms with Crippen molar-refractivity contribution in [3.05, 3.63) is 12.3 Å². The first-order valence-electron chi connectivity index (χ1n) is 6.50. The summed E-state index contributed by atoms with van der Waals surface area (Å²) in [4.78, 5) is 4.63. The molecule has 16 heavy (non-hydrogen) atoms. The summed E-state index contributed by atoms with van der Waals surface area (Å²) in [7, 11) is 0. The fraction of sp³-hybridized carbons (Fsp3) is 0.769. The van der Waals surface area contributed by atoms with E-state index in [0.29, 0.717) is 12.1 Å². The highest BCUT2D eigenvalue weighted by atomic mass is 15.1. The molecule has 1 aliphatic rings. The minimum atomic E-state index is 0.348. The minimum absolute atomic E-state index is 0.348. The van der Waals surface area contributed by atoms with Crippen molar-refractivity contribution in [1.29, 1.82) is 0 Å². The Hall–Kier alpha value is -0.990. The molecule has 0 radical (unpaired) electrons. The van der Waals surface area contributed by atoms with Crippen molar-refractivity contribution in [2.24, 2.45) is 4.99 Å². The van der Waals surface area contributed by atoms with Gasteiger partial charge in [0.25, 0.3) is 0 Å². The number of aliphatic imine (C=N–C) groups is 1. The zero-order valence-electron chi connectivity index (χ0n) is 10.8. The van der Waals surface area contributed by atoms with E-state index in [1.165, 1.54) is 19.3 Å². The van der Waals surface area contributed by atoms with Crippen LogP contribution in [-0.2, 0) is 0 Å². The van der Waals surface area contributed by atoms with Crippen LogP contribution in [0.3, 0.4) is 0 Å². The van der Waals surface area contributed by atoms with E-state index in [0.717, 1.165) is 18.8 Å². The standard InChI is InChI=1S/C13H25N3/c1-4-6-7-12(5-2)16-13-8-9-14-10-11(3)15-13/h8-9,11-12,14H,4-7,10H2,1-3H3,(H,15,16)/t11-,12+/m1/s1. The molecular weight excluding hydrogens is 198 g/mol. The van der Waals surface area contributed by atoms with E-state index in [2.05, 4.69) is 36.4 Å². The van der Waals surface area contributed by atoms with Crippen molar-refractivity contribution in [1.82, 2.24) is 10.6 Å². The fourth-order valence-electron chi connectivity index (χ4n) is 1.83. The molecule has 0 saturated carbocycles. The van der Waals surface area contributed by atoms with Crippen LogP contribution in [-0.4, -0.2) is 24.5 Å². The lowest BCUT2D eigenvalue weighted by Gasteiger charge is -2.18. The first-order chi connectivity index (χ1) is 7.76. The smallest absolute Gasteiger partial charge is 0.122 e. The van der Waals surface area contributed by atoms with Gasteiger partial charge >= 0.3 is 0 Å². The van der Waals surface area contributed by atoms with E-state index < -0.39 is 0 Å². The van der Waals surface area contributed by atoms with E-state index in [4.69, 9.17) is 0 Å². The number of nitrogens with zero attached hydrogens (tertiary/aromatic N) is 1. The van der Waals surface area contributed by atoms with E-state index in [-0.39, 0.29) is 0 Å². The van der Waals surface area contributed by atoms with Crippen molar-refractivity contribution in [2.75, 3.05) is 6.54 Å². The maximum Gasteiger partial charge on any atom is 0.122 e. The van der Waals surface area contributed by atoms with Crippen LogP contribution in [0.15, 0.2) is 17.3 Å². The monoisotopic (exact) mass is 223 g/mol. The Morgan fingerprint density at radius 2 is 2.38 bits per heavy atom. The van der Waals surface area contributed by atoms with E-state index >= 15 is 0 Å². The van der Waals surface area contributed by atoms with Gasteiger partial charge in [0.05, 0.1) is 6.04 Å². The van der Waals surface area contributed by atoms with Crippen LogP contribution < -0.4 is 10.6 Å². The van der Waals surface area contributed by atoms with Crippen molar-refractivity contribution in [2.45, 2.75) is 58.5 Å². The maximum atomic E-state index is 4.63. The molecule has 0 aliphatic carbocycles. The van der Waals surface area contributed by atoms with Crippen molar-refractivity contribution < 1.29 is 0 Å². The summed E-state index contributed by atoms with van der Waals surface area (Å²) in [5, 5.41) is 6.76. The molecule has 0 amide bonds. The second-order valence-corrected chi connectivity index (χ2v) is 4.50. The number of hydrogen-bond acceptors (Lipinski definition) is 3. The Morgan fingerprint density at radius 3 is 3.06 bits per heavy atom. The molecule has 0 aromatic carbocycles. The van der Waals surface area contributed by atoms with E-state index in [9.17, 15) is 0 Å². The van der Waals surface area contributed by atoms with Crippen LogP contribution in [0.25, 0.3) is 0 Å². The average molecular weight is 223 g/mol. The first kappa shape index (κ1) is 13.1. The van der Waals surface area contributed by atoms with Crippen LogP contribution in [0.4, 0.5) is 0 Å². The number of rotatable bonds is 5. The topological polar surface area (TPSA) is 36.4 Å². The largest absolute Gasteiger partial charge is 0.389 e. The zero-order chi connectivity index (χ0) is 11.8. The van der Waals surface area contributed by atoms with Crippen LogP contribution in [0.5, 0.6) is 0 Å². The molecule has 2 N–H and O–H groups in total. The fourth-order valence-corrected chi connectivity index (χ4v) is 1.83. The summed E-state index contributed by atoms with van der Waals surface area (Å²) < 4.78 is 0. The molecule has 0 aromatic heterocycles. The van der Waals surface area contributed by atoms with Crippen LogP contribution in [0.1, 0.15) is 46.5 Å². The van der Waals surface area contributed by atoms with Crippen molar-refractivity contribution in [3.8, 4) is 0 Å². The highest BCUT2D eigenvalue weighted by Gasteiger charge is 2.09. The van der Waals surface area contributed by atoms with Gasteiger partial charge in [0.15, 0.2) is 0 Å². The molecule has 92 valence electrons. The molecule has 0 saturated heterocycles. The molecule has 0 unspecified atom stereocenters. The quantitative estimate of drug-likeness (QED) is 0.751. The van der Waals surface area contributed by atoms with Gasteiger partial charge in [0.1, 0.15) is 5.84 Å². The van der Waals surface area contributed by atoms with E-state index in [1.807, 2.05) is 12.3 Å². The molecule has 3 nitrogen and oxygen atoms in total. The van der Waals surface area contributed by atoms with Gasteiger partial charge in [-0.1, -0.05) is 26.7 Å². The Balaban J connectivity index is 2.48. The number of hydrogen-bond donors (Lipinski definition) is 2. The zero-order valence-corrected chi connectivity index (χ0v) is 10.8. The third-order valence-electron chi connectivity index (χ3n) is 2.88. The number of unbranched alkanes of at least 4 members (excludes halogenated alkanes) is 1. The molecule has 0 spiro atoms. The molecule has 0 aromatic rings. The predicted octanol–water partition coefficient (Wildman–Crippen LogP) is 2.45. The third-order valence-corrected chi connectivity index (χ3v) is 2.88. The molecule has 1 aliphatic heterocycles. The maximum absolute atomic E-state index is 4.63. The molecule has 2 atom stereocenters. The lowest BCUT2D eigenvalue weighted by atomic mass is 10.1. The van der Waals surface area contributed by atoms with Gasteiger partial charge in [0.2, 0.25) is 0 Å². The summed E-state index contributed by atoms with van der Waals surface area (Å²) in [5.41, 5.74) is 0. The Bertz CT molecular complexity index is 246. The SMILES string of the molecule is CCCC[C@H](CC)NC1=N[C@H](C)CNC=C1. The summed E-state index contributed by atoms with van der Waals surface area (Å²) >= 11 is 0. The molecule has 0 fully saturated rings. The first-order valence-corrected chi connectivity index (χ1v) is 6.50. The van der Waals surface area contributed by atoms with Crippen LogP contribution in [0.2, 0.25) is 0 Å². The lowest BCUT2D eigenvalue weighted by molar-refractivity contribution is 0.518. The number of nitrogens with one attached hydrogen (secondary N) is 2. The summed E-state index contributed by atoms with van der Waals surface area (Å²) in [6.45, 7) is 7.53. The molecule has 1 rings (SSSR count). The van der Waals surface area contributed by atoms with E-state index in [1.54, 1.807) is 0 Å². The third kappa shape index (κ3) is 4.69. The van der Waals surface area contributed by atoms with Gasteiger partial charge < -0.3 is 10.6 Å². The molecule has 1 heterocycles. The van der Waals surface area contributed by atoms with Gasteiger partial charge in [-0.25, -0.2) is 0 Å². The summed E-state index contributed by atoms with van der Waals surface area (Å²) in [5.74, 6) is 1.03. The molecule has 3 heteroatoms. The second kappa shape index (κ2) is 7.31. The minimum Gasteiger partial charge on any atom is -0.389 e. The second-order valence-electron chi connectivity index (χ2n) is 4.50. The van der Waals surface area contributed by atoms with Gasteiger partial charge in [0, 0.05) is 18.8 Å². The van der Waals surface area contributed by atoms with Crippen molar-refractivity contribution in [3.63, 3.8) is 0 Å². The Morgan fingerprint density at radius 1 is 1.56 bits per heavy atom. The summed E-state index contributed by atoms with van der Waals surface area (Å²) in [6.07, 6.45) is 8.98. The Labute approximate surface area is 99.4 Å². The molecule has 0 bridgehead atoms. The van der Waals surface area contributed by atoms with Gasteiger partial charge in [-0.2, -0.15) is 0 Å². The van der Waals surface area contributed by atoms with Crippen molar-refractivity contribution >= 4 is 5.84 Å². The van der Waals surface area contributed by atoms with Gasteiger partial charge in [-0.15, -0.1) is 0 Å². The average Bonchev–Trinajstić information content (AvgIpc) is 2.48. The van der Waals surface area contributed by atoms with Crippen LogP contribution in [0, 0.1) is 0 Å². The Kier molecular flexibility index (Phi) is 5.98. The normalized spacial score (nSPS) is 21.9. The lowest BCUT2D eigenvalue weighted by Crippen LogP contribution is -2.33. The predicted molar refractivity (Wildman–Crippen MR) is 70.8 cm³/mol. The van der Waals surface area contributed by atoms with Gasteiger partial charge in [-0.05, 0) is 25.8 Å². The van der Waals surface area contributed by atoms with Crippen LogP contribution >= 0.6 is 0 Å². The highest BCUT2D eigenvalue weighted by Crippen LogP contribution is 2.05. The summed E-state index contributed by atoms with van der Waals surface area (Å²) in [6, 6.07) is 0.912. The number of amidine groups is 1. The van der Waals surface area contributed by atoms with Gasteiger partial charge in [-0.3, -0.25) is 4.99 Å².